The zero-order valence-corrected chi connectivity index (χ0v) is 12.9. The van der Waals surface area contributed by atoms with Crippen molar-refractivity contribution in [2.24, 2.45) is 0 Å². The number of carbonyl (C=O) groups excluding carboxylic acids is 1. The highest BCUT2D eigenvalue weighted by atomic mass is 19.1. The summed E-state index contributed by atoms with van der Waals surface area (Å²) in [4.78, 5) is 27.4. The van der Waals surface area contributed by atoms with Crippen LogP contribution < -0.4 is 5.32 Å². The van der Waals surface area contributed by atoms with Crippen LogP contribution in [-0.4, -0.2) is 57.0 Å². The van der Waals surface area contributed by atoms with Gasteiger partial charge in [-0.15, -0.1) is 0 Å². The SMILES string of the molecule is CCN1CCN(C(=O)Nc2ccncc2F)C[C@H]1c1ncc[nH]1. The van der Waals surface area contributed by atoms with Gasteiger partial charge in [0.25, 0.3) is 0 Å². The number of aromatic amines is 1. The van der Waals surface area contributed by atoms with E-state index < -0.39 is 5.82 Å². The molecule has 0 spiro atoms. The van der Waals surface area contributed by atoms with Crippen molar-refractivity contribution >= 4 is 11.7 Å². The minimum Gasteiger partial charge on any atom is -0.347 e. The molecule has 0 bridgehead atoms. The third-order valence-electron chi connectivity index (χ3n) is 4.03. The third-order valence-corrected chi connectivity index (χ3v) is 4.03. The summed E-state index contributed by atoms with van der Waals surface area (Å²) in [5.41, 5.74) is 0.137. The van der Waals surface area contributed by atoms with E-state index in [-0.39, 0.29) is 17.8 Å². The number of aromatic nitrogens is 3. The zero-order chi connectivity index (χ0) is 16.2. The zero-order valence-electron chi connectivity index (χ0n) is 12.9. The molecule has 2 aromatic heterocycles. The number of carbonyl (C=O) groups is 1. The molecular weight excluding hydrogens is 299 g/mol. The first-order chi connectivity index (χ1) is 11.2. The Labute approximate surface area is 133 Å². The Bertz CT molecular complexity index is 662. The molecule has 0 saturated carbocycles. The number of halogens is 1. The van der Waals surface area contributed by atoms with Crippen LogP contribution in [0.1, 0.15) is 18.8 Å². The van der Waals surface area contributed by atoms with E-state index in [0.29, 0.717) is 13.1 Å². The van der Waals surface area contributed by atoms with Crippen LogP contribution in [-0.2, 0) is 0 Å². The minimum absolute atomic E-state index is 0.0109. The Hall–Kier alpha value is -2.48. The summed E-state index contributed by atoms with van der Waals surface area (Å²) < 4.78 is 13.6. The van der Waals surface area contributed by atoms with Gasteiger partial charge in [-0.3, -0.25) is 9.88 Å². The first-order valence-corrected chi connectivity index (χ1v) is 7.57. The predicted molar refractivity (Wildman–Crippen MR) is 83.4 cm³/mol. The Morgan fingerprint density at radius 3 is 3.04 bits per heavy atom. The van der Waals surface area contributed by atoms with Crippen molar-refractivity contribution in [3.8, 4) is 0 Å². The molecule has 1 aliphatic heterocycles. The highest BCUT2D eigenvalue weighted by molar-refractivity contribution is 5.89. The molecule has 8 heteroatoms. The van der Waals surface area contributed by atoms with E-state index in [1.165, 1.54) is 12.3 Å². The van der Waals surface area contributed by atoms with Crippen LogP contribution in [0, 0.1) is 5.82 Å². The Kier molecular flexibility index (Phi) is 4.52. The lowest BCUT2D eigenvalue weighted by molar-refractivity contribution is 0.0946. The average Bonchev–Trinajstić information content (AvgIpc) is 3.10. The molecule has 7 nitrogen and oxygen atoms in total. The molecule has 0 unspecified atom stereocenters. The summed E-state index contributed by atoms with van der Waals surface area (Å²) in [5.74, 6) is 0.287. The Morgan fingerprint density at radius 1 is 1.48 bits per heavy atom. The lowest BCUT2D eigenvalue weighted by Crippen LogP contribution is -2.51. The summed E-state index contributed by atoms with van der Waals surface area (Å²) in [6, 6.07) is 1.14. The summed E-state index contributed by atoms with van der Waals surface area (Å²) in [5, 5.41) is 2.60. The summed E-state index contributed by atoms with van der Waals surface area (Å²) in [7, 11) is 0. The second-order valence-corrected chi connectivity index (χ2v) is 5.35. The standard InChI is InChI=1S/C15H19FN6O/c1-2-21-7-8-22(10-13(21)14-18-5-6-19-14)15(23)20-12-3-4-17-9-11(12)16/h3-6,9,13H,2,7-8,10H2,1H3,(H,18,19)(H,17,20,23)/t13-/m0/s1. The second kappa shape index (κ2) is 6.74. The minimum atomic E-state index is -0.546. The van der Waals surface area contributed by atoms with E-state index in [1.54, 1.807) is 17.3 Å². The quantitative estimate of drug-likeness (QED) is 0.905. The summed E-state index contributed by atoms with van der Waals surface area (Å²) >= 11 is 0. The number of H-pyrrole nitrogens is 1. The lowest BCUT2D eigenvalue weighted by atomic mass is 10.1. The number of nitrogens with zero attached hydrogens (tertiary/aromatic N) is 4. The molecule has 2 amide bonds. The van der Waals surface area contributed by atoms with Crippen LogP contribution in [0.2, 0.25) is 0 Å². The Balaban J connectivity index is 1.71. The number of hydrogen-bond acceptors (Lipinski definition) is 4. The number of piperazine rings is 1. The van der Waals surface area contributed by atoms with Gasteiger partial charge >= 0.3 is 6.03 Å². The van der Waals surface area contributed by atoms with Gasteiger partial charge in [0.1, 0.15) is 5.82 Å². The van der Waals surface area contributed by atoms with E-state index in [0.717, 1.165) is 25.1 Å². The van der Waals surface area contributed by atoms with Crippen molar-refractivity contribution in [2.45, 2.75) is 13.0 Å². The molecule has 1 aliphatic rings. The highest BCUT2D eigenvalue weighted by Gasteiger charge is 2.31. The normalized spacial score (nSPS) is 18.9. The van der Waals surface area contributed by atoms with Gasteiger partial charge in [-0.25, -0.2) is 14.2 Å². The molecule has 1 saturated heterocycles. The van der Waals surface area contributed by atoms with Crippen molar-refractivity contribution in [3.05, 3.63) is 42.5 Å². The van der Waals surface area contributed by atoms with E-state index >= 15 is 0 Å². The van der Waals surface area contributed by atoms with Crippen LogP contribution >= 0.6 is 0 Å². The van der Waals surface area contributed by atoms with Gasteiger partial charge in [0.15, 0.2) is 5.82 Å². The number of pyridine rings is 1. The molecule has 1 fully saturated rings. The van der Waals surface area contributed by atoms with Crippen molar-refractivity contribution in [2.75, 3.05) is 31.5 Å². The third kappa shape index (κ3) is 3.31. The Morgan fingerprint density at radius 2 is 2.35 bits per heavy atom. The average molecular weight is 318 g/mol. The first-order valence-electron chi connectivity index (χ1n) is 7.57. The van der Waals surface area contributed by atoms with Gasteiger partial charge in [0.05, 0.1) is 17.9 Å². The number of nitrogens with one attached hydrogen (secondary N) is 2. The lowest BCUT2D eigenvalue weighted by Gasteiger charge is -2.39. The highest BCUT2D eigenvalue weighted by Crippen LogP contribution is 2.23. The van der Waals surface area contributed by atoms with Gasteiger partial charge in [0, 0.05) is 38.2 Å². The molecule has 0 aromatic carbocycles. The molecule has 3 rings (SSSR count). The number of hydrogen-bond donors (Lipinski definition) is 2. The topological polar surface area (TPSA) is 77.2 Å². The predicted octanol–water partition coefficient (Wildman–Crippen LogP) is 1.85. The molecule has 1 atom stereocenters. The molecular formula is C15H19FN6O. The van der Waals surface area contributed by atoms with Gasteiger partial charge in [-0.2, -0.15) is 0 Å². The van der Waals surface area contributed by atoms with E-state index in [9.17, 15) is 9.18 Å². The number of rotatable bonds is 3. The van der Waals surface area contributed by atoms with Crippen molar-refractivity contribution in [1.82, 2.24) is 24.8 Å². The van der Waals surface area contributed by atoms with E-state index in [4.69, 9.17) is 0 Å². The van der Waals surface area contributed by atoms with Crippen LogP contribution in [0.15, 0.2) is 30.9 Å². The van der Waals surface area contributed by atoms with Crippen molar-refractivity contribution in [1.29, 1.82) is 0 Å². The molecule has 0 radical (unpaired) electrons. The number of imidazole rings is 1. The maximum Gasteiger partial charge on any atom is 0.322 e. The van der Waals surface area contributed by atoms with Gasteiger partial charge in [0.2, 0.25) is 0 Å². The van der Waals surface area contributed by atoms with Crippen molar-refractivity contribution in [3.63, 3.8) is 0 Å². The second-order valence-electron chi connectivity index (χ2n) is 5.35. The number of urea groups is 1. The molecule has 0 aliphatic carbocycles. The van der Waals surface area contributed by atoms with Crippen LogP contribution in [0.25, 0.3) is 0 Å². The monoisotopic (exact) mass is 318 g/mol. The summed E-state index contributed by atoms with van der Waals surface area (Å²) in [6.07, 6.45) is 6.00. The first kappa shape index (κ1) is 15.4. The fourth-order valence-corrected chi connectivity index (χ4v) is 2.77. The van der Waals surface area contributed by atoms with E-state index in [1.807, 2.05) is 0 Å². The number of anilines is 1. The van der Waals surface area contributed by atoms with Gasteiger partial charge < -0.3 is 15.2 Å². The maximum atomic E-state index is 13.6. The van der Waals surface area contributed by atoms with Crippen LogP contribution in [0.4, 0.5) is 14.9 Å². The largest absolute Gasteiger partial charge is 0.347 e. The van der Waals surface area contributed by atoms with Gasteiger partial charge in [-0.1, -0.05) is 6.92 Å². The fourth-order valence-electron chi connectivity index (χ4n) is 2.77. The smallest absolute Gasteiger partial charge is 0.322 e. The molecule has 2 aromatic rings. The van der Waals surface area contributed by atoms with Gasteiger partial charge in [-0.05, 0) is 12.6 Å². The maximum absolute atomic E-state index is 13.6. The molecule has 23 heavy (non-hydrogen) atoms. The summed E-state index contributed by atoms with van der Waals surface area (Å²) in [6.45, 7) is 4.79. The van der Waals surface area contributed by atoms with Crippen LogP contribution in [0.5, 0.6) is 0 Å². The van der Waals surface area contributed by atoms with Crippen LogP contribution in [0.3, 0.4) is 0 Å². The molecule has 2 N–H and O–H groups in total. The molecule has 122 valence electrons. The molecule has 3 heterocycles. The number of amides is 2. The number of likely N-dealkylation sites (N-methyl/N-ethyl adjacent to an activating group) is 1. The fraction of sp³-hybridized carbons (Fsp3) is 0.400. The van der Waals surface area contributed by atoms with Crippen molar-refractivity contribution < 1.29 is 9.18 Å². The van der Waals surface area contributed by atoms with E-state index in [2.05, 4.69) is 32.1 Å².